The lowest BCUT2D eigenvalue weighted by Crippen LogP contribution is -2.44. The Morgan fingerprint density at radius 2 is 2.11 bits per heavy atom. The van der Waals surface area contributed by atoms with E-state index in [1.165, 1.54) is 11.3 Å². The van der Waals surface area contributed by atoms with Crippen LogP contribution in [-0.4, -0.2) is 30.4 Å². The van der Waals surface area contributed by atoms with Gasteiger partial charge in [-0.2, -0.15) is 4.31 Å². The molecule has 4 nitrogen and oxygen atoms in total. The van der Waals surface area contributed by atoms with Gasteiger partial charge < -0.3 is 5.11 Å². The Morgan fingerprint density at radius 3 is 2.68 bits per heavy atom. The van der Waals surface area contributed by atoms with Gasteiger partial charge in [0.1, 0.15) is 0 Å². The molecule has 1 aliphatic rings. The van der Waals surface area contributed by atoms with Gasteiger partial charge in [0, 0.05) is 22.3 Å². The third-order valence-corrected chi connectivity index (χ3v) is 7.00. The third kappa shape index (κ3) is 2.86. The third-order valence-electron chi connectivity index (χ3n) is 3.73. The number of sulfonamides is 1. The molecule has 1 N–H and O–H groups in total. The fraction of sp³-hybridized carbons (Fsp3) is 0.692. The SMILES string of the molecule is Cc1sc(CO)cc1S(=O)(=O)N1CC(C)CCC1C. The number of thiophene rings is 1. The van der Waals surface area contributed by atoms with E-state index in [4.69, 9.17) is 5.11 Å². The summed E-state index contributed by atoms with van der Waals surface area (Å²) in [5, 5.41) is 9.15. The smallest absolute Gasteiger partial charge is 0.244 e. The van der Waals surface area contributed by atoms with Gasteiger partial charge in [0.2, 0.25) is 10.0 Å². The molecule has 0 aromatic carbocycles. The Labute approximate surface area is 119 Å². The van der Waals surface area contributed by atoms with Crippen molar-refractivity contribution in [3.63, 3.8) is 0 Å². The van der Waals surface area contributed by atoms with Crippen molar-refractivity contribution in [3.05, 3.63) is 15.8 Å². The molecule has 2 heterocycles. The Kier molecular flexibility index (Phi) is 4.35. The molecule has 19 heavy (non-hydrogen) atoms. The zero-order valence-corrected chi connectivity index (χ0v) is 13.2. The van der Waals surface area contributed by atoms with Crippen LogP contribution in [0.25, 0.3) is 0 Å². The minimum atomic E-state index is -3.43. The largest absolute Gasteiger partial charge is 0.391 e. The molecule has 108 valence electrons. The number of aliphatic hydroxyl groups is 1. The topological polar surface area (TPSA) is 57.6 Å². The quantitative estimate of drug-likeness (QED) is 0.932. The molecule has 0 radical (unpaired) electrons. The zero-order valence-electron chi connectivity index (χ0n) is 11.6. The van der Waals surface area contributed by atoms with E-state index in [1.54, 1.807) is 17.3 Å². The van der Waals surface area contributed by atoms with Crippen LogP contribution in [0.15, 0.2) is 11.0 Å². The molecule has 2 unspecified atom stereocenters. The summed E-state index contributed by atoms with van der Waals surface area (Å²) in [4.78, 5) is 1.82. The number of hydrogen-bond donors (Lipinski definition) is 1. The van der Waals surface area contributed by atoms with Crippen LogP contribution in [0.2, 0.25) is 0 Å². The van der Waals surface area contributed by atoms with Gasteiger partial charge >= 0.3 is 0 Å². The molecule has 2 atom stereocenters. The maximum absolute atomic E-state index is 12.7. The summed E-state index contributed by atoms with van der Waals surface area (Å²) in [6.07, 6.45) is 1.99. The first kappa shape index (κ1) is 15.0. The lowest BCUT2D eigenvalue weighted by molar-refractivity contribution is 0.218. The highest BCUT2D eigenvalue weighted by molar-refractivity contribution is 7.89. The standard InChI is InChI=1S/C13H21NO3S2/c1-9-4-5-10(2)14(7-9)19(16,17)13-6-12(8-15)18-11(13)3/h6,9-10,15H,4-5,7-8H2,1-3H3. The van der Waals surface area contributed by atoms with E-state index in [0.717, 1.165) is 17.7 Å². The molecule has 1 fully saturated rings. The second-order valence-electron chi connectivity index (χ2n) is 5.40. The fourth-order valence-electron chi connectivity index (χ4n) is 2.57. The molecule has 6 heteroatoms. The summed E-state index contributed by atoms with van der Waals surface area (Å²) in [6, 6.07) is 1.67. The molecule has 2 rings (SSSR count). The summed E-state index contributed by atoms with van der Waals surface area (Å²) >= 11 is 1.35. The first-order chi connectivity index (χ1) is 8.86. The molecule has 0 aliphatic carbocycles. The van der Waals surface area contributed by atoms with Crippen molar-refractivity contribution in [1.29, 1.82) is 0 Å². The summed E-state index contributed by atoms with van der Waals surface area (Å²) < 4.78 is 27.1. The van der Waals surface area contributed by atoms with E-state index >= 15 is 0 Å². The van der Waals surface area contributed by atoms with Gasteiger partial charge in [-0.1, -0.05) is 6.92 Å². The number of aryl methyl sites for hydroxylation is 1. The molecule has 1 aliphatic heterocycles. The van der Waals surface area contributed by atoms with E-state index < -0.39 is 10.0 Å². The van der Waals surface area contributed by atoms with Crippen molar-refractivity contribution in [1.82, 2.24) is 4.31 Å². The van der Waals surface area contributed by atoms with E-state index in [2.05, 4.69) is 6.92 Å². The predicted molar refractivity (Wildman–Crippen MR) is 76.7 cm³/mol. The summed E-state index contributed by atoms with van der Waals surface area (Å²) in [7, 11) is -3.43. The summed E-state index contributed by atoms with van der Waals surface area (Å²) in [5.74, 6) is 0.405. The lowest BCUT2D eigenvalue weighted by Gasteiger charge is -2.35. The van der Waals surface area contributed by atoms with E-state index in [-0.39, 0.29) is 12.6 Å². The predicted octanol–water partition coefficient (Wildman–Crippen LogP) is 2.36. The van der Waals surface area contributed by atoms with Crippen molar-refractivity contribution < 1.29 is 13.5 Å². The number of aliphatic hydroxyl groups excluding tert-OH is 1. The van der Waals surface area contributed by atoms with Gasteiger partial charge in [-0.05, 0) is 38.7 Å². The van der Waals surface area contributed by atoms with Gasteiger partial charge in [-0.3, -0.25) is 0 Å². The monoisotopic (exact) mass is 303 g/mol. The van der Waals surface area contributed by atoms with Crippen molar-refractivity contribution in [2.45, 2.75) is 51.2 Å². The van der Waals surface area contributed by atoms with Crippen LogP contribution < -0.4 is 0 Å². The fourth-order valence-corrected chi connectivity index (χ4v) is 5.81. The average molecular weight is 303 g/mol. The Hall–Kier alpha value is -0.430. The first-order valence-corrected chi connectivity index (χ1v) is 8.84. The van der Waals surface area contributed by atoms with Crippen LogP contribution in [0.5, 0.6) is 0 Å². The lowest BCUT2D eigenvalue weighted by atomic mass is 9.97. The second-order valence-corrected chi connectivity index (χ2v) is 8.60. The highest BCUT2D eigenvalue weighted by Crippen LogP contribution is 2.32. The molecular formula is C13H21NO3S2. The highest BCUT2D eigenvalue weighted by Gasteiger charge is 2.35. The van der Waals surface area contributed by atoms with Gasteiger partial charge in [0.25, 0.3) is 0 Å². The zero-order chi connectivity index (χ0) is 14.2. The van der Waals surface area contributed by atoms with Crippen molar-refractivity contribution >= 4 is 21.4 Å². The van der Waals surface area contributed by atoms with Crippen molar-refractivity contribution in [3.8, 4) is 0 Å². The first-order valence-electron chi connectivity index (χ1n) is 6.58. The Balaban J connectivity index is 2.37. The average Bonchev–Trinajstić information content (AvgIpc) is 2.74. The molecule has 1 aromatic heterocycles. The number of rotatable bonds is 3. The number of nitrogens with zero attached hydrogens (tertiary/aromatic N) is 1. The van der Waals surface area contributed by atoms with Gasteiger partial charge in [0.15, 0.2) is 0 Å². The van der Waals surface area contributed by atoms with Crippen LogP contribution >= 0.6 is 11.3 Å². The molecule has 1 saturated heterocycles. The minimum absolute atomic E-state index is 0.0538. The van der Waals surface area contributed by atoms with Gasteiger partial charge in [-0.25, -0.2) is 8.42 Å². The maximum atomic E-state index is 12.7. The Morgan fingerprint density at radius 1 is 1.42 bits per heavy atom. The molecule has 0 spiro atoms. The highest BCUT2D eigenvalue weighted by atomic mass is 32.2. The Bertz CT molecular complexity index is 550. The van der Waals surface area contributed by atoms with Crippen molar-refractivity contribution in [2.75, 3.05) is 6.54 Å². The molecular weight excluding hydrogens is 282 g/mol. The van der Waals surface area contributed by atoms with Gasteiger partial charge in [0.05, 0.1) is 11.5 Å². The van der Waals surface area contributed by atoms with Crippen LogP contribution in [-0.2, 0) is 16.6 Å². The van der Waals surface area contributed by atoms with Crippen molar-refractivity contribution in [2.24, 2.45) is 5.92 Å². The van der Waals surface area contributed by atoms with Gasteiger partial charge in [-0.15, -0.1) is 11.3 Å². The van der Waals surface area contributed by atoms with Crippen LogP contribution in [0.1, 0.15) is 36.4 Å². The summed E-state index contributed by atoms with van der Waals surface area (Å²) in [5.41, 5.74) is 0. The number of hydrogen-bond acceptors (Lipinski definition) is 4. The second kappa shape index (κ2) is 5.52. The maximum Gasteiger partial charge on any atom is 0.244 e. The van der Waals surface area contributed by atoms with E-state index in [9.17, 15) is 8.42 Å². The molecule has 0 bridgehead atoms. The van der Waals surface area contributed by atoms with E-state index in [1.807, 2.05) is 6.92 Å². The van der Waals surface area contributed by atoms with Crippen LogP contribution in [0.3, 0.4) is 0 Å². The summed E-state index contributed by atoms with van der Waals surface area (Å²) in [6.45, 7) is 6.35. The van der Waals surface area contributed by atoms with Crippen LogP contribution in [0.4, 0.5) is 0 Å². The molecule has 0 saturated carbocycles. The number of piperidine rings is 1. The molecule has 0 amide bonds. The van der Waals surface area contributed by atoms with E-state index in [0.29, 0.717) is 22.2 Å². The van der Waals surface area contributed by atoms with Crippen LogP contribution in [0, 0.1) is 12.8 Å². The normalized spacial score (nSPS) is 25.7. The minimum Gasteiger partial charge on any atom is -0.391 e. The molecule has 1 aromatic rings.